The predicted molar refractivity (Wildman–Crippen MR) is 116 cm³/mol. The van der Waals surface area contributed by atoms with E-state index in [1.807, 2.05) is 36.4 Å². The monoisotopic (exact) mass is 425 g/mol. The number of benzene rings is 2. The number of hydrogen-bond donors (Lipinski definition) is 0. The Labute approximate surface area is 182 Å². The Kier molecular flexibility index (Phi) is 7.18. The van der Waals surface area contributed by atoms with Crippen molar-refractivity contribution < 1.29 is 28.5 Å². The highest BCUT2D eigenvalue weighted by Gasteiger charge is 2.33. The van der Waals surface area contributed by atoms with E-state index in [1.165, 1.54) is 13.2 Å². The van der Waals surface area contributed by atoms with Gasteiger partial charge in [0.1, 0.15) is 5.75 Å². The number of carbonyl (C=O) groups is 2. The third-order valence-electron chi connectivity index (χ3n) is 5.39. The first kappa shape index (κ1) is 22.2. The van der Waals surface area contributed by atoms with Gasteiger partial charge in [0.25, 0.3) is 0 Å². The first-order valence-electron chi connectivity index (χ1n) is 9.95. The molecule has 2 aromatic carbocycles. The van der Waals surface area contributed by atoms with E-state index in [1.54, 1.807) is 32.3 Å². The van der Waals surface area contributed by atoms with Crippen LogP contribution in [0.3, 0.4) is 0 Å². The number of ether oxygens (including phenoxy) is 4. The van der Waals surface area contributed by atoms with E-state index >= 15 is 0 Å². The molecule has 1 aliphatic rings. The molecular formula is C24H27NO6. The Morgan fingerprint density at radius 1 is 1.03 bits per heavy atom. The quantitative estimate of drug-likeness (QED) is 0.500. The Hall–Kier alpha value is -3.48. The van der Waals surface area contributed by atoms with Crippen LogP contribution in [0.15, 0.2) is 42.5 Å². The van der Waals surface area contributed by atoms with Gasteiger partial charge in [-0.3, -0.25) is 9.59 Å². The predicted octanol–water partition coefficient (Wildman–Crippen LogP) is 3.41. The third-order valence-corrected chi connectivity index (χ3v) is 5.39. The second kappa shape index (κ2) is 10.0. The van der Waals surface area contributed by atoms with Crippen molar-refractivity contribution in [3.63, 3.8) is 0 Å². The van der Waals surface area contributed by atoms with Crippen LogP contribution in [0.2, 0.25) is 0 Å². The number of hydrogen-bond acceptors (Lipinski definition) is 6. The molecule has 0 unspecified atom stereocenters. The van der Waals surface area contributed by atoms with E-state index in [-0.39, 0.29) is 18.3 Å². The molecule has 1 heterocycles. The van der Waals surface area contributed by atoms with Crippen molar-refractivity contribution in [3.8, 4) is 17.2 Å². The summed E-state index contributed by atoms with van der Waals surface area (Å²) in [7, 11) is 6.08. The van der Waals surface area contributed by atoms with Gasteiger partial charge >= 0.3 is 5.97 Å². The van der Waals surface area contributed by atoms with Gasteiger partial charge in [-0.05, 0) is 53.5 Å². The van der Waals surface area contributed by atoms with Crippen LogP contribution in [-0.2, 0) is 20.7 Å². The van der Waals surface area contributed by atoms with Crippen LogP contribution >= 0.6 is 0 Å². The molecule has 0 N–H and O–H groups in total. The molecule has 0 saturated heterocycles. The molecule has 0 fully saturated rings. The highest BCUT2D eigenvalue weighted by Crippen LogP contribution is 2.39. The summed E-state index contributed by atoms with van der Waals surface area (Å²) >= 11 is 0. The van der Waals surface area contributed by atoms with Gasteiger partial charge in [-0.2, -0.15) is 0 Å². The second-order valence-corrected chi connectivity index (χ2v) is 7.09. The van der Waals surface area contributed by atoms with Crippen LogP contribution in [0.4, 0.5) is 0 Å². The van der Waals surface area contributed by atoms with Gasteiger partial charge in [0.2, 0.25) is 5.91 Å². The van der Waals surface area contributed by atoms with Gasteiger partial charge in [0, 0.05) is 12.6 Å². The summed E-state index contributed by atoms with van der Waals surface area (Å²) in [4.78, 5) is 26.9. The summed E-state index contributed by atoms with van der Waals surface area (Å²) in [5.74, 6) is 1.32. The zero-order chi connectivity index (χ0) is 22.4. The lowest BCUT2D eigenvalue weighted by Crippen LogP contribution is -2.40. The van der Waals surface area contributed by atoms with Crippen molar-refractivity contribution in [2.75, 3.05) is 35.0 Å². The molecule has 2 aromatic rings. The van der Waals surface area contributed by atoms with Crippen LogP contribution < -0.4 is 14.2 Å². The number of carbonyl (C=O) groups excluding carboxylic acids is 2. The summed E-state index contributed by atoms with van der Waals surface area (Å²) in [5.41, 5.74) is 2.73. The van der Waals surface area contributed by atoms with Gasteiger partial charge in [-0.1, -0.05) is 12.1 Å². The fourth-order valence-electron chi connectivity index (χ4n) is 3.76. The summed E-state index contributed by atoms with van der Waals surface area (Å²) in [6, 6.07) is 10.7. The molecule has 7 heteroatoms. The largest absolute Gasteiger partial charge is 0.497 e. The average molecular weight is 425 g/mol. The van der Waals surface area contributed by atoms with Crippen molar-refractivity contribution in [3.05, 3.63) is 59.2 Å². The maximum Gasteiger partial charge on any atom is 0.307 e. The summed E-state index contributed by atoms with van der Waals surface area (Å²) in [5, 5.41) is 0. The maximum absolute atomic E-state index is 13.1. The van der Waals surface area contributed by atoms with Crippen LogP contribution in [0, 0.1) is 0 Å². The molecule has 1 amide bonds. The third kappa shape index (κ3) is 4.99. The molecule has 7 nitrogen and oxygen atoms in total. The van der Waals surface area contributed by atoms with Crippen LogP contribution in [0.25, 0.3) is 6.08 Å². The van der Waals surface area contributed by atoms with Gasteiger partial charge < -0.3 is 23.8 Å². The Morgan fingerprint density at radius 3 is 2.45 bits per heavy atom. The highest BCUT2D eigenvalue weighted by molar-refractivity contribution is 5.92. The SMILES string of the molecule is COC(=O)C[C@@H]1c2cc(OC)c(OC)cc2CCN1C(=O)/C=C/c1cccc(OC)c1. The van der Waals surface area contributed by atoms with E-state index in [2.05, 4.69) is 0 Å². The van der Waals surface area contributed by atoms with E-state index in [4.69, 9.17) is 18.9 Å². The molecule has 0 saturated carbocycles. The molecule has 0 aliphatic carbocycles. The number of methoxy groups -OCH3 is 4. The van der Waals surface area contributed by atoms with Crippen molar-refractivity contribution >= 4 is 18.0 Å². The molecule has 31 heavy (non-hydrogen) atoms. The number of nitrogens with zero attached hydrogens (tertiary/aromatic N) is 1. The molecule has 1 aliphatic heterocycles. The fraction of sp³-hybridized carbons (Fsp3) is 0.333. The summed E-state index contributed by atoms with van der Waals surface area (Å²) < 4.78 is 21.0. The van der Waals surface area contributed by atoms with Gasteiger partial charge in [-0.15, -0.1) is 0 Å². The van der Waals surface area contributed by atoms with Crippen LogP contribution in [0.1, 0.15) is 29.2 Å². The lowest BCUT2D eigenvalue weighted by molar-refractivity contribution is -0.143. The summed E-state index contributed by atoms with van der Waals surface area (Å²) in [6.45, 7) is 0.478. The molecule has 0 bridgehead atoms. The van der Waals surface area contributed by atoms with E-state index in [0.717, 1.165) is 16.7 Å². The number of amides is 1. The van der Waals surface area contributed by atoms with Crippen molar-refractivity contribution in [1.29, 1.82) is 0 Å². The number of fused-ring (bicyclic) bond motifs is 1. The minimum atomic E-state index is -0.460. The standard InChI is InChI=1S/C24H27NO6/c1-28-18-7-5-6-16(12-18)8-9-23(26)25-11-10-17-13-21(29-2)22(30-3)14-19(17)20(25)15-24(27)31-4/h5-9,12-14,20H,10-11,15H2,1-4H3/b9-8+/t20-/m1/s1. The zero-order valence-electron chi connectivity index (χ0n) is 18.2. The van der Waals surface area contributed by atoms with Crippen molar-refractivity contribution in [2.24, 2.45) is 0 Å². The topological polar surface area (TPSA) is 74.3 Å². The molecular weight excluding hydrogens is 398 g/mol. The maximum atomic E-state index is 13.1. The van der Waals surface area contributed by atoms with Gasteiger partial charge in [0.05, 0.1) is 40.9 Å². The van der Waals surface area contributed by atoms with Crippen molar-refractivity contribution in [1.82, 2.24) is 4.90 Å². The van der Waals surface area contributed by atoms with E-state index < -0.39 is 6.04 Å². The minimum absolute atomic E-state index is 0.0533. The molecule has 164 valence electrons. The van der Waals surface area contributed by atoms with Gasteiger partial charge in [0.15, 0.2) is 11.5 Å². The molecule has 1 atom stereocenters. The lowest BCUT2D eigenvalue weighted by Gasteiger charge is -2.36. The molecule has 0 radical (unpaired) electrons. The fourth-order valence-corrected chi connectivity index (χ4v) is 3.76. The zero-order valence-corrected chi connectivity index (χ0v) is 18.2. The van der Waals surface area contributed by atoms with Crippen molar-refractivity contribution in [2.45, 2.75) is 18.9 Å². The first-order valence-corrected chi connectivity index (χ1v) is 9.95. The van der Waals surface area contributed by atoms with Crippen LogP contribution in [-0.4, -0.2) is 51.8 Å². The van der Waals surface area contributed by atoms with E-state index in [0.29, 0.717) is 30.2 Å². The number of rotatable bonds is 7. The second-order valence-electron chi connectivity index (χ2n) is 7.09. The smallest absolute Gasteiger partial charge is 0.307 e. The van der Waals surface area contributed by atoms with Crippen LogP contribution in [0.5, 0.6) is 17.2 Å². The Balaban J connectivity index is 1.92. The normalized spacial score (nSPS) is 15.4. The Morgan fingerprint density at radius 2 is 1.77 bits per heavy atom. The highest BCUT2D eigenvalue weighted by atomic mass is 16.5. The minimum Gasteiger partial charge on any atom is -0.497 e. The average Bonchev–Trinajstić information content (AvgIpc) is 2.81. The lowest BCUT2D eigenvalue weighted by atomic mass is 9.90. The summed E-state index contributed by atoms with van der Waals surface area (Å²) in [6.07, 6.45) is 3.96. The number of esters is 1. The van der Waals surface area contributed by atoms with E-state index in [9.17, 15) is 9.59 Å². The molecule has 0 aromatic heterocycles. The van der Waals surface area contributed by atoms with Gasteiger partial charge in [-0.25, -0.2) is 0 Å². The first-order chi connectivity index (χ1) is 15.0. The Bertz CT molecular complexity index is 984. The molecule has 3 rings (SSSR count). The molecule has 0 spiro atoms.